The molecule has 0 saturated carbocycles. The number of carbonyl (C=O) groups excluding carboxylic acids is 1. The fourth-order valence-electron chi connectivity index (χ4n) is 0.996. The lowest BCUT2D eigenvalue weighted by atomic mass is 10.2. The van der Waals surface area contributed by atoms with Gasteiger partial charge in [0, 0.05) is 10.5 Å². The molecule has 4 heteroatoms. The quantitative estimate of drug-likeness (QED) is 0.575. The summed E-state index contributed by atoms with van der Waals surface area (Å²) in [6.45, 7) is 17.6. The van der Waals surface area contributed by atoms with Crippen LogP contribution in [0, 0.1) is 0 Å². The summed E-state index contributed by atoms with van der Waals surface area (Å²) < 4.78 is 5.20. The molecule has 0 aliphatic rings. The molecule has 0 aliphatic heterocycles. The van der Waals surface area contributed by atoms with Crippen LogP contribution in [0.1, 0.15) is 34.6 Å². The third-order valence-corrected chi connectivity index (χ3v) is 3.37. The van der Waals surface area contributed by atoms with Crippen molar-refractivity contribution in [2.45, 2.75) is 45.4 Å². The van der Waals surface area contributed by atoms with Gasteiger partial charge in [0.15, 0.2) is 0 Å². The Morgan fingerprint density at radius 3 is 2.30 bits per heavy atom. The third-order valence-electron chi connectivity index (χ3n) is 1.97. The summed E-state index contributed by atoms with van der Waals surface area (Å²) in [5.74, 6) is 0.167. The second-order valence-electron chi connectivity index (χ2n) is 4.82. The second kappa shape index (κ2) is 11.8. The average molecular weight is 299 g/mol. The molecule has 0 unspecified atom stereocenters. The Kier molecular flexibility index (Phi) is 12.6. The number of nitrogens with two attached hydrogens (primary N) is 1. The summed E-state index contributed by atoms with van der Waals surface area (Å²) in [4.78, 5) is 11.6. The van der Waals surface area contributed by atoms with E-state index in [0.29, 0.717) is 5.75 Å². The van der Waals surface area contributed by atoms with Gasteiger partial charge in [0.2, 0.25) is 0 Å². The Hall–Kier alpha value is -1.000. The lowest BCUT2D eigenvalue weighted by molar-refractivity contribution is -0.143. The van der Waals surface area contributed by atoms with Crippen LogP contribution >= 0.6 is 11.8 Å². The molecule has 116 valence electrons. The van der Waals surface area contributed by atoms with Crippen LogP contribution in [-0.4, -0.2) is 29.1 Å². The summed E-state index contributed by atoms with van der Waals surface area (Å²) in [5.41, 5.74) is 6.57. The van der Waals surface area contributed by atoms with E-state index in [1.165, 1.54) is 0 Å². The van der Waals surface area contributed by atoms with E-state index in [9.17, 15) is 4.79 Å². The molecule has 0 aliphatic carbocycles. The van der Waals surface area contributed by atoms with Crippen molar-refractivity contribution < 1.29 is 9.53 Å². The van der Waals surface area contributed by atoms with E-state index < -0.39 is 6.04 Å². The number of thioether (sulfide) groups is 1. The maximum atomic E-state index is 11.6. The van der Waals surface area contributed by atoms with Crippen LogP contribution in [0.15, 0.2) is 37.0 Å². The van der Waals surface area contributed by atoms with Crippen LogP contribution in [0.3, 0.4) is 0 Å². The van der Waals surface area contributed by atoms with Crippen LogP contribution in [-0.2, 0) is 9.53 Å². The number of esters is 1. The Bertz CT molecular complexity index is 330. The normalized spacial score (nSPS) is 12.8. The summed E-state index contributed by atoms with van der Waals surface area (Å²) in [6.07, 6.45) is 5.00. The van der Waals surface area contributed by atoms with Crippen LogP contribution in [0.4, 0.5) is 0 Å². The fourth-order valence-corrected chi connectivity index (χ4v) is 1.81. The Balaban J connectivity index is 0. The average Bonchev–Trinajstić information content (AvgIpc) is 2.41. The van der Waals surface area contributed by atoms with Crippen LogP contribution in [0.2, 0.25) is 0 Å². The van der Waals surface area contributed by atoms with Gasteiger partial charge in [0.1, 0.15) is 12.6 Å². The number of allylic oxidation sites excluding steroid dienone is 2. The van der Waals surface area contributed by atoms with Crippen molar-refractivity contribution in [3.8, 4) is 0 Å². The summed E-state index contributed by atoms with van der Waals surface area (Å²) in [5, 5.41) is 0. The third kappa shape index (κ3) is 12.1. The lowest BCUT2D eigenvalue weighted by Crippen LogP contribution is -2.36. The van der Waals surface area contributed by atoms with Gasteiger partial charge >= 0.3 is 5.97 Å². The van der Waals surface area contributed by atoms with Crippen molar-refractivity contribution in [2.75, 3.05) is 12.4 Å². The molecule has 0 bridgehead atoms. The Morgan fingerprint density at radius 2 is 1.90 bits per heavy atom. The molecule has 0 amide bonds. The topological polar surface area (TPSA) is 52.3 Å². The summed E-state index contributed by atoms with van der Waals surface area (Å²) in [7, 11) is 0. The molecular formula is C16H29NO2S. The Labute approximate surface area is 128 Å². The van der Waals surface area contributed by atoms with Crippen LogP contribution in [0.5, 0.6) is 0 Å². The predicted octanol–water partition coefficient (Wildman–Crippen LogP) is 3.71. The minimum Gasteiger partial charge on any atom is -0.460 e. The number of carbonyl (C=O) groups is 1. The van der Waals surface area contributed by atoms with Crippen molar-refractivity contribution in [2.24, 2.45) is 5.73 Å². The molecule has 0 radical (unpaired) electrons. The number of rotatable bonds is 7. The molecule has 3 nitrogen and oxygen atoms in total. The van der Waals surface area contributed by atoms with Crippen LogP contribution in [0.25, 0.3) is 0 Å². The van der Waals surface area contributed by atoms with Crippen LogP contribution < -0.4 is 5.73 Å². The van der Waals surface area contributed by atoms with Crippen molar-refractivity contribution in [3.63, 3.8) is 0 Å². The summed E-state index contributed by atoms with van der Waals surface area (Å²) >= 11 is 1.64. The Morgan fingerprint density at radius 1 is 1.35 bits per heavy atom. The minimum absolute atomic E-state index is 0.0902. The van der Waals surface area contributed by atoms with E-state index in [1.54, 1.807) is 30.0 Å². The maximum absolute atomic E-state index is 11.6. The predicted molar refractivity (Wildman–Crippen MR) is 91.0 cm³/mol. The van der Waals surface area contributed by atoms with E-state index >= 15 is 0 Å². The molecule has 20 heavy (non-hydrogen) atoms. The lowest BCUT2D eigenvalue weighted by Gasteiger charge is -2.19. The van der Waals surface area contributed by atoms with Gasteiger partial charge in [-0.15, -0.1) is 0 Å². The number of hydrogen-bond acceptors (Lipinski definition) is 4. The first-order valence-electron chi connectivity index (χ1n) is 6.80. The van der Waals surface area contributed by atoms with E-state index in [0.717, 1.165) is 5.57 Å². The highest BCUT2D eigenvalue weighted by atomic mass is 32.2. The zero-order chi connectivity index (χ0) is 16.2. The summed E-state index contributed by atoms with van der Waals surface area (Å²) in [6, 6.07) is -0.593. The maximum Gasteiger partial charge on any atom is 0.324 e. The van der Waals surface area contributed by atoms with Gasteiger partial charge in [-0.1, -0.05) is 66.0 Å². The first-order valence-corrected chi connectivity index (χ1v) is 7.79. The van der Waals surface area contributed by atoms with Crippen molar-refractivity contribution in [1.29, 1.82) is 0 Å². The van der Waals surface area contributed by atoms with E-state index in [-0.39, 0.29) is 17.3 Å². The highest BCUT2D eigenvalue weighted by Crippen LogP contribution is 2.23. The van der Waals surface area contributed by atoms with E-state index in [2.05, 4.69) is 33.9 Å². The zero-order valence-electron chi connectivity index (χ0n) is 13.4. The molecule has 0 rings (SSSR count). The van der Waals surface area contributed by atoms with Crippen molar-refractivity contribution in [3.05, 3.63) is 37.0 Å². The fraction of sp³-hybridized carbons (Fsp3) is 0.562. The molecule has 0 aromatic heterocycles. The molecule has 0 aromatic rings. The highest BCUT2D eigenvalue weighted by molar-refractivity contribution is 8.00. The number of hydrogen-bond donors (Lipinski definition) is 1. The molecule has 2 N–H and O–H groups in total. The van der Waals surface area contributed by atoms with Gasteiger partial charge < -0.3 is 10.5 Å². The van der Waals surface area contributed by atoms with Gasteiger partial charge in [0.05, 0.1) is 0 Å². The molecule has 0 aromatic carbocycles. The monoisotopic (exact) mass is 299 g/mol. The molecule has 0 heterocycles. The van der Waals surface area contributed by atoms with Crippen molar-refractivity contribution >= 4 is 17.7 Å². The van der Waals surface area contributed by atoms with E-state index in [4.69, 9.17) is 10.5 Å². The SMILES string of the molecule is C=C/C=C(\C=C)COC(=O)[C@@H](N)CSC(C)(C)C.CC. The molecule has 1 atom stereocenters. The smallest absolute Gasteiger partial charge is 0.324 e. The largest absolute Gasteiger partial charge is 0.460 e. The minimum atomic E-state index is -0.593. The number of ether oxygens (including phenoxy) is 1. The first-order chi connectivity index (χ1) is 9.30. The van der Waals surface area contributed by atoms with Gasteiger partial charge in [-0.25, -0.2) is 0 Å². The standard InChI is InChI=1S/C14H23NO2S.C2H6/c1-6-8-11(7-2)9-17-13(16)12(15)10-18-14(3,4)5;1-2/h6-8,12H,1-2,9-10,15H2,3-5H3;1-2H3/b11-8+;/t12-;/m0./s1. The zero-order valence-corrected chi connectivity index (χ0v) is 14.3. The van der Waals surface area contributed by atoms with Crippen molar-refractivity contribution in [1.82, 2.24) is 0 Å². The highest BCUT2D eigenvalue weighted by Gasteiger charge is 2.19. The molecule has 0 fully saturated rings. The molecular weight excluding hydrogens is 270 g/mol. The van der Waals surface area contributed by atoms with E-state index in [1.807, 2.05) is 13.8 Å². The van der Waals surface area contributed by atoms with Gasteiger partial charge in [0.25, 0.3) is 0 Å². The first kappa shape index (κ1) is 21.3. The van der Waals surface area contributed by atoms with Gasteiger partial charge in [-0.05, 0) is 5.57 Å². The van der Waals surface area contributed by atoms with Gasteiger partial charge in [-0.3, -0.25) is 4.79 Å². The second-order valence-corrected chi connectivity index (χ2v) is 6.67. The molecule has 0 saturated heterocycles. The van der Waals surface area contributed by atoms with Gasteiger partial charge in [-0.2, -0.15) is 11.8 Å². The molecule has 0 spiro atoms.